The predicted molar refractivity (Wildman–Crippen MR) is 126 cm³/mol. The largest absolute Gasteiger partial charge is 0.378 e. The summed E-state index contributed by atoms with van der Waals surface area (Å²) in [6, 6.07) is 3.19. The zero-order valence-electron chi connectivity index (χ0n) is 19.0. The molecule has 30 heavy (non-hydrogen) atoms. The van der Waals surface area contributed by atoms with Crippen LogP contribution in [0.25, 0.3) is 16.5 Å². The van der Waals surface area contributed by atoms with Crippen molar-refractivity contribution in [1.29, 1.82) is 0 Å². The molecule has 3 heterocycles. The average molecular weight is 430 g/mol. The molecule has 0 radical (unpaired) electrons. The summed E-state index contributed by atoms with van der Waals surface area (Å²) in [4.78, 5) is 32.6. The van der Waals surface area contributed by atoms with Crippen molar-refractivity contribution in [1.82, 2.24) is 15.3 Å². The minimum absolute atomic E-state index is 0.122. The Morgan fingerprint density at radius 3 is 2.33 bits per heavy atom. The Morgan fingerprint density at radius 1 is 1.17 bits per heavy atom. The summed E-state index contributed by atoms with van der Waals surface area (Å²) in [5, 5.41) is 4.24. The van der Waals surface area contributed by atoms with Gasteiger partial charge in [-0.05, 0) is 18.6 Å². The average Bonchev–Trinajstić information content (AvgIpc) is 2.74. The number of hydrogen-bond donors (Lipinski definition) is 1. The number of halogens is 1. The molecule has 2 aromatic rings. The number of aromatic nitrogens is 2. The standard InChI is InChI=1S/C19H18ClN3O2.C3H8.C2H6/c1-4-17(25)16-5-10(2)14(9-21-16)13-6-12-8-22-18(20)7-15(12)23-19(13)11(3)24;1-3-2;1-2/h5-9,16,21H,4H2,1-3H3;3H2,1-2H3;1-2H3. The molecule has 1 aliphatic rings. The molecule has 0 aliphatic carbocycles. The van der Waals surface area contributed by atoms with Crippen LogP contribution in [0.5, 0.6) is 0 Å². The number of carbonyl (C=O) groups excluding carboxylic acids is 2. The van der Waals surface area contributed by atoms with E-state index in [1.165, 1.54) is 13.3 Å². The number of pyridine rings is 2. The number of ketones is 2. The van der Waals surface area contributed by atoms with Crippen molar-refractivity contribution in [2.24, 2.45) is 0 Å². The first-order valence-electron chi connectivity index (χ1n) is 10.5. The highest BCUT2D eigenvalue weighted by atomic mass is 35.5. The first-order chi connectivity index (χ1) is 14.3. The minimum atomic E-state index is -0.330. The molecule has 1 aliphatic heterocycles. The Morgan fingerprint density at radius 2 is 1.80 bits per heavy atom. The van der Waals surface area contributed by atoms with Crippen LogP contribution in [-0.2, 0) is 4.79 Å². The Balaban J connectivity index is 0.000000826. The maximum Gasteiger partial charge on any atom is 0.178 e. The molecule has 5 nitrogen and oxygen atoms in total. The van der Waals surface area contributed by atoms with Crippen LogP contribution in [0, 0.1) is 0 Å². The monoisotopic (exact) mass is 429 g/mol. The van der Waals surface area contributed by atoms with Crippen LogP contribution < -0.4 is 5.32 Å². The highest BCUT2D eigenvalue weighted by Crippen LogP contribution is 2.30. The molecule has 0 aromatic carbocycles. The van der Waals surface area contributed by atoms with E-state index in [0.717, 1.165) is 16.5 Å². The van der Waals surface area contributed by atoms with Crippen LogP contribution in [-0.4, -0.2) is 27.6 Å². The van der Waals surface area contributed by atoms with E-state index in [1.807, 2.05) is 39.8 Å². The van der Waals surface area contributed by atoms with E-state index in [0.29, 0.717) is 28.3 Å². The highest BCUT2D eigenvalue weighted by molar-refractivity contribution is 6.30. The van der Waals surface area contributed by atoms with Gasteiger partial charge in [-0.15, -0.1) is 0 Å². The van der Waals surface area contributed by atoms with Gasteiger partial charge in [0, 0.05) is 48.3 Å². The zero-order chi connectivity index (χ0) is 22.8. The van der Waals surface area contributed by atoms with Crippen LogP contribution in [0.2, 0.25) is 5.15 Å². The molecule has 0 saturated carbocycles. The van der Waals surface area contributed by atoms with Crippen molar-refractivity contribution < 1.29 is 9.59 Å². The van der Waals surface area contributed by atoms with Crippen molar-refractivity contribution in [3.63, 3.8) is 0 Å². The van der Waals surface area contributed by atoms with Gasteiger partial charge in [-0.2, -0.15) is 0 Å². The third-order valence-electron chi connectivity index (χ3n) is 4.23. The number of nitrogens with zero attached hydrogens (tertiary/aromatic N) is 2. The maximum absolute atomic E-state index is 12.1. The molecule has 0 spiro atoms. The normalized spacial score (nSPS) is 14.9. The van der Waals surface area contributed by atoms with Crippen LogP contribution in [0.15, 0.2) is 36.2 Å². The molecule has 6 heteroatoms. The number of dihydropyridines is 1. The number of allylic oxidation sites excluding steroid dienone is 2. The zero-order valence-corrected chi connectivity index (χ0v) is 19.7. The summed E-state index contributed by atoms with van der Waals surface area (Å²) in [5.74, 6) is -0.0118. The Bertz CT molecular complexity index is 964. The Kier molecular flexibility index (Phi) is 10.4. The van der Waals surface area contributed by atoms with Crippen molar-refractivity contribution >= 4 is 39.6 Å². The number of nitrogens with one attached hydrogen (secondary N) is 1. The Labute approximate surface area is 184 Å². The molecule has 3 rings (SSSR count). The van der Waals surface area contributed by atoms with Crippen LogP contribution in [0.1, 0.15) is 77.4 Å². The number of Topliss-reactive ketones (excluding diaryl/α,β-unsaturated/α-hetero) is 2. The van der Waals surface area contributed by atoms with Crippen molar-refractivity contribution in [3.05, 3.63) is 52.6 Å². The van der Waals surface area contributed by atoms with Gasteiger partial charge in [0.05, 0.1) is 5.52 Å². The smallest absolute Gasteiger partial charge is 0.178 e. The van der Waals surface area contributed by atoms with E-state index in [9.17, 15) is 9.59 Å². The van der Waals surface area contributed by atoms with E-state index in [4.69, 9.17) is 11.6 Å². The van der Waals surface area contributed by atoms with Gasteiger partial charge in [-0.25, -0.2) is 9.97 Å². The first-order valence-corrected chi connectivity index (χ1v) is 10.8. The summed E-state index contributed by atoms with van der Waals surface area (Å²) in [6.45, 7) is 13.5. The third kappa shape index (κ3) is 6.23. The lowest BCUT2D eigenvalue weighted by Crippen LogP contribution is -2.33. The molecule has 0 saturated heterocycles. The van der Waals surface area contributed by atoms with Gasteiger partial charge in [0.25, 0.3) is 0 Å². The summed E-state index contributed by atoms with van der Waals surface area (Å²) >= 11 is 5.92. The quantitative estimate of drug-likeness (QED) is 0.465. The minimum Gasteiger partial charge on any atom is -0.378 e. The van der Waals surface area contributed by atoms with Gasteiger partial charge in [0.1, 0.15) is 16.9 Å². The molecule has 1 N–H and O–H groups in total. The number of fused-ring (bicyclic) bond motifs is 1. The number of rotatable bonds is 4. The molecule has 162 valence electrons. The van der Waals surface area contributed by atoms with E-state index in [-0.39, 0.29) is 17.6 Å². The Hall–Kier alpha value is -2.53. The topological polar surface area (TPSA) is 72.0 Å². The van der Waals surface area contributed by atoms with Gasteiger partial charge in [0.2, 0.25) is 0 Å². The molecule has 2 aromatic heterocycles. The second kappa shape index (κ2) is 12.2. The number of carbonyl (C=O) groups is 2. The molecule has 1 atom stereocenters. The summed E-state index contributed by atoms with van der Waals surface area (Å²) < 4.78 is 0. The van der Waals surface area contributed by atoms with Crippen molar-refractivity contribution in [2.45, 2.75) is 67.3 Å². The summed E-state index contributed by atoms with van der Waals surface area (Å²) in [6.07, 6.45) is 7.02. The van der Waals surface area contributed by atoms with Crippen LogP contribution in [0.3, 0.4) is 0 Å². The molecular formula is C24H32ClN3O2. The lowest BCUT2D eigenvalue weighted by atomic mass is 9.91. The fourth-order valence-electron chi connectivity index (χ4n) is 2.89. The van der Waals surface area contributed by atoms with E-state index >= 15 is 0 Å². The fraction of sp³-hybridized carbons (Fsp3) is 0.417. The predicted octanol–water partition coefficient (Wildman–Crippen LogP) is 6.17. The molecule has 0 fully saturated rings. The van der Waals surface area contributed by atoms with Gasteiger partial charge in [-0.1, -0.05) is 58.7 Å². The van der Waals surface area contributed by atoms with Gasteiger partial charge in [0.15, 0.2) is 11.6 Å². The maximum atomic E-state index is 12.1. The number of hydrogen-bond acceptors (Lipinski definition) is 5. The lowest BCUT2D eigenvalue weighted by Gasteiger charge is -2.22. The van der Waals surface area contributed by atoms with Crippen molar-refractivity contribution in [3.8, 4) is 0 Å². The van der Waals surface area contributed by atoms with Gasteiger partial charge < -0.3 is 5.32 Å². The SMILES string of the molecule is CC.CCC.CCC(=O)C1C=C(C)C(c2cc3cnc(Cl)cc3nc2C(C)=O)=CN1. The summed E-state index contributed by atoms with van der Waals surface area (Å²) in [5.41, 5.74) is 3.48. The van der Waals surface area contributed by atoms with Gasteiger partial charge >= 0.3 is 0 Å². The second-order valence-corrected chi connectivity index (χ2v) is 7.11. The van der Waals surface area contributed by atoms with Crippen molar-refractivity contribution in [2.75, 3.05) is 0 Å². The first kappa shape index (κ1) is 25.5. The molecule has 0 amide bonds. The van der Waals surface area contributed by atoms with Crippen LogP contribution in [0.4, 0.5) is 0 Å². The second-order valence-electron chi connectivity index (χ2n) is 6.72. The van der Waals surface area contributed by atoms with Crippen LogP contribution >= 0.6 is 11.6 Å². The highest BCUT2D eigenvalue weighted by Gasteiger charge is 2.22. The summed E-state index contributed by atoms with van der Waals surface area (Å²) in [7, 11) is 0. The molecule has 1 unspecified atom stereocenters. The van der Waals surface area contributed by atoms with E-state index in [1.54, 1.807) is 18.5 Å². The van der Waals surface area contributed by atoms with E-state index < -0.39 is 0 Å². The van der Waals surface area contributed by atoms with Gasteiger partial charge in [-0.3, -0.25) is 9.59 Å². The van der Waals surface area contributed by atoms with E-state index in [2.05, 4.69) is 29.1 Å². The molecule has 0 bridgehead atoms. The molecular weight excluding hydrogens is 398 g/mol. The third-order valence-corrected chi connectivity index (χ3v) is 4.44. The fourth-order valence-corrected chi connectivity index (χ4v) is 3.04. The lowest BCUT2D eigenvalue weighted by molar-refractivity contribution is -0.119.